The van der Waals surface area contributed by atoms with Crippen LogP contribution in [-0.4, -0.2) is 39.6 Å². The Morgan fingerprint density at radius 3 is 2.96 bits per heavy atom. The Hall–Kier alpha value is -2.74. The number of para-hydroxylation sites is 1. The largest absolute Gasteiger partial charge is 0.426 e. The molecule has 1 N–H and O–H groups in total. The van der Waals surface area contributed by atoms with Gasteiger partial charge in [0.1, 0.15) is 17.5 Å². The van der Waals surface area contributed by atoms with E-state index in [9.17, 15) is 9.59 Å². The smallest absolute Gasteiger partial charge is 0.308 e. The van der Waals surface area contributed by atoms with Crippen molar-refractivity contribution in [3.05, 3.63) is 41.7 Å². The van der Waals surface area contributed by atoms with E-state index in [-0.39, 0.29) is 24.3 Å². The average Bonchev–Trinajstić information content (AvgIpc) is 3.22. The van der Waals surface area contributed by atoms with E-state index in [1.165, 1.54) is 6.92 Å². The minimum atomic E-state index is -0.476. The third kappa shape index (κ3) is 4.13. The number of hydrogen-bond donors (Lipinski definition) is 1. The standard InChI is InChI=1S/C15H16N4O4/c1-10(20)23-14-5-3-2-4-13(14)15(21)16-6-11-7-19(18-17-11)8-12-9-22-12/h2-5,7,12H,6,8-9H2,1H3,(H,16,21). The van der Waals surface area contributed by atoms with Crippen molar-refractivity contribution in [2.75, 3.05) is 6.61 Å². The molecule has 1 unspecified atom stereocenters. The normalized spacial score (nSPS) is 16.0. The Morgan fingerprint density at radius 2 is 2.22 bits per heavy atom. The summed E-state index contributed by atoms with van der Waals surface area (Å²) in [6.45, 7) is 2.93. The van der Waals surface area contributed by atoms with E-state index in [0.717, 1.165) is 6.61 Å². The van der Waals surface area contributed by atoms with Crippen molar-refractivity contribution in [1.29, 1.82) is 0 Å². The zero-order valence-electron chi connectivity index (χ0n) is 12.6. The molecular weight excluding hydrogens is 300 g/mol. The van der Waals surface area contributed by atoms with Crippen LogP contribution in [-0.2, 0) is 22.6 Å². The Morgan fingerprint density at radius 1 is 1.43 bits per heavy atom. The van der Waals surface area contributed by atoms with Crippen LogP contribution in [0.2, 0.25) is 0 Å². The van der Waals surface area contributed by atoms with Gasteiger partial charge in [-0.1, -0.05) is 17.3 Å². The quantitative estimate of drug-likeness (QED) is 0.474. The number of carbonyl (C=O) groups excluding carboxylic acids is 2. The molecule has 120 valence electrons. The number of esters is 1. The monoisotopic (exact) mass is 316 g/mol. The molecule has 1 fully saturated rings. The van der Waals surface area contributed by atoms with Gasteiger partial charge in [0.25, 0.3) is 5.91 Å². The summed E-state index contributed by atoms with van der Waals surface area (Å²) in [5.74, 6) is -0.593. The van der Waals surface area contributed by atoms with E-state index in [4.69, 9.17) is 9.47 Å². The SMILES string of the molecule is CC(=O)Oc1ccccc1C(=O)NCc1cn(CC2CO2)nn1. The molecule has 0 bridgehead atoms. The highest BCUT2D eigenvalue weighted by atomic mass is 16.6. The van der Waals surface area contributed by atoms with Crippen LogP contribution in [0, 0.1) is 0 Å². The number of epoxide rings is 1. The van der Waals surface area contributed by atoms with Crippen molar-refractivity contribution in [1.82, 2.24) is 20.3 Å². The molecule has 1 amide bonds. The topological polar surface area (TPSA) is 98.6 Å². The highest BCUT2D eigenvalue weighted by Crippen LogP contribution is 2.18. The second kappa shape index (κ2) is 6.57. The first-order chi connectivity index (χ1) is 11.1. The lowest BCUT2D eigenvalue weighted by atomic mass is 10.2. The molecule has 0 saturated carbocycles. The van der Waals surface area contributed by atoms with Crippen LogP contribution in [0.3, 0.4) is 0 Å². The maximum absolute atomic E-state index is 12.2. The zero-order chi connectivity index (χ0) is 16.2. The van der Waals surface area contributed by atoms with Gasteiger partial charge in [0.15, 0.2) is 0 Å². The molecule has 0 aliphatic carbocycles. The molecule has 3 rings (SSSR count). The van der Waals surface area contributed by atoms with Gasteiger partial charge in [0.2, 0.25) is 0 Å². The van der Waals surface area contributed by atoms with E-state index >= 15 is 0 Å². The Kier molecular flexibility index (Phi) is 4.33. The lowest BCUT2D eigenvalue weighted by Gasteiger charge is -2.08. The van der Waals surface area contributed by atoms with Crippen LogP contribution in [0.25, 0.3) is 0 Å². The second-order valence-corrected chi connectivity index (χ2v) is 5.16. The molecule has 2 heterocycles. The Labute approximate surface area is 132 Å². The van der Waals surface area contributed by atoms with Crippen LogP contribution in [0.1, 0.15) is 23.0 Å². The van der Waals surface area contributed by atoms with Gasteiger partial charge in [-0.3, -0.25) is 9.59 Å². The fourth-order valence-corrected chi connectivity index (χ4v) is 2.05. The highest BCUT2D eigenvalue weighted by Gasteiger charge is 2.23. The zero-order valence-corrected chi connectivity index (χ0v) is 12.6. The summed E-state index contributed by atoms with van der Waals surface area (Å²) in [6.07, 6.45) is 1.98. The fourth-order valence-electron chi connectivity index (χ4n) is 2.05. The number of benzene rings is 1. The molecule has 0 spiro atoms. The number of nitrogens with one attached hydrogen (secondary N) is 1. The van der Waals surface area contributed by atoms with Gasteiger partial charge in [-0.2, -0.15) is 0 Å². The number of hydrogen-bond acceptors (Lipinski definition) is 6. The first kappa shape index (κ1) is 15.2. The van der Waals surface area contributed by atoms with Gasteiger partial charge < -0.3 is 14.8 Å². The average molecular weight is 316 g/mol. The van der Waals surface area contributed by atoms with Crippen LogP contribution < -0.4 is 10.1 Å². The lowest BCUT2D eigenvalue weighted by molar-refractivity contribution is -0.131. The Balaban J connectivity index is 1.60. The minimum Gasteiger partial charge on any atom is -0.426 e. The molecule has 8 heteroatoms. The summed E-state index contributed by atoms with van der Waals surface area (Å²) in [6, 6.07) is 6.56. The molecule has 1 atom stereocenters. The highest BCUT2D eigenvalue weighted by molar-refractivity contribution is 5.97. The molecule has 1 aliphatic rings. The minimum absolute atomic E-state index is 0.217. The van der Waals surface area contributed by atoms with Crippen LogP contribution >= 0.6 is 0 Å². The number of carbonyl (C=O) groups is 2. The maximum atomic E-state index is 12.2. The van der Waals surface area contributed by atoms with Crippen molar-refractivity contribution >= 4 is 11.9 Å². The van der Waals surface area contributed by atoms with Gasteiger partial charge in [0, 0.05) is 6.92 Å². The number of aromatic nitrogens is 3. The first-order valence-corrected chi connectivity index (χ1v) is 7.18. The van der Waals surface area contributed by atoms with Gasteiger partial charge >= 0.3 is 5.97 Å². The molecular formula is C15H16N4O4. The second-order valence-electron chi connectivity index (χ2n) is 5.16. The maximum Gasteiger partial charge on any atom is 0.308 e. The molecule has 23 heavy (non-hydrogen) atoms. The molecule has 1 aliphatic heterocycles. The van der Waals surface area contributed by atoms with E-state index in [2.05, 4.69) is 15.6 Å². The number of nitrogens with zero attached hydrogens (tertiary/aromatic N) is 3. The van der Waals surface area contributed by atoms with Gasteiger partial charge in [-0.15, -0.1) is 5.10 Å². The Bertz CT molecular complexity index is 724. The fraction of sp³-hybridized carbons (Fsp3) is 0.333. The van der Waals surface area contributed by atoms with Crippen molar-refractivity contribution in [2.45, 2.75) is 26.1 Å². The summed E-state index contributed by atoms with van der Waals surface area (Å²) < 4.78 is 11.8. The van der Waals surface area contributed by atoms with E-state index < -0.39 is 5.97 Å². The summed E-state index contributed by atoms with van der Waals surface area (Å²) in [5, 5.41) is 10.7. The molecule has 1 aromatic heterocycles. The predicted octanol–water partition coefficient (Wildman–Crippen LogP) is 0.532. The van der Waals surface area contributed by atoms with E-state index in [1.54, 1.807) is 35.1 Å². The third-order valence-corrected chi connectivity index (χ3v) is 3.19. The summed E-state index contributed by atoms with van der Waals surface area (Å²) >= 11 is 0. The molecule has 1 aromatic carbocycles. The predicted molar refractivity (Wildman–Crippen MR) is 78.7 cm³/mol. The number of rotatable bonds is 6. The first-order valence-electron chi connectivity index (χ1n) is 7.18. The van der Waals surface area contributed by atoms with Crippen LogP contribution in [0.4, 0.5) is 0 Å². The summed E-state index contributed by atoms with van der Waals surface area (Å²) in [4.78, 5) is 23.3. The lowest BCUT2D eigenvalue weighted by Crippen LogP contribution is -2.24. The molecule has 2 aromatic rings. The van der Waals surface area contributed by atoms with E-state index in [1.807, 2.05) is 0 Å². The van der Waals surface area contributed by atoms with E-state index in [0.29, 0.717) is 17.8 Å². The third-order valence-electron chi connectivity index (χ3n) is 3.19. The van der Waals surface area contributed by atoms with Crippen molar-refractivity contribution in [3.63, 3.8) is 0 Å². The van der Waals surface area contributed by atoms with Gasteiger partial charge in [-0.05, 0) is 12.1 Å². The molecule has 0 radical (unpaired) electrons. The number of amides is 1. The molecule has 8 nitrogen and oxygen atoms in total. The van der Waals surface area contributed by atoms with Crippen molar-refractivity contribution < 1.29 is 19.1 Å². The van der Waals surface area contributed by atoms with Gasteiger partial charge in [0.05, 0.1) is 31.5 Å². The molecule has 1 saturated heterocycles. The van der Waals surface area contributed by atoms with Crippen LogP contribution in [0.5, 0.6) is 5.75 Å². The number of ether oxygens (including phenoxy) is 2. The summed E-state index contributed by atoms with van der Waals surface area (Å²) in [5.41, 5.74) is 0.936. The van der Waals surface area contributed by atoms with Crippen LogP contribution in [0.15, 0.2) is 30.5 Å². The van der Waals surface area contributed by atoms with Crippen molar-refractivity contribution in [3.8, 4) is 5.75 Å². The van der Waals surface area contributed by atoms with Gasteiger partial charge in [-0.25, -0.2) is 4.68 Å². The summed E-state index contributed by atoms with van der Waals surface area (Å²) in [7, 11) is 0. The van der Waals surface area contributed by atoms with Crippen molar-refractivity contribution in [2.24, 2.45) is 0 Å².